The lowest BCUT2D eigenvalue weighted by Crippen LogP contribution is -1.62. The van der Waals surface area contributed by atoms with Crippen molar-refractivity contribution in [3.05, 3.63) is 29.1 Å². The molecule has 1 heterocycles. The number of thiazole rings is 1. The Morgan fingerprint density at radius 3 is 2.91 bits per heavy atom. The van der Waals surface area contributed by atoms with Gasteiger partial charge in [0.1, 0.15) is 6.57 Å². The predicted molar refractivity (Wildman–Crippen MR) is 47.6 cm³/mol. The molecular weight excluding hydrogens is 156 g/mol. The van der Waals surface area contributed by atoms with Crippen LogP contribution in [0.3, 0.4) is 0 Å². The van der Waals surface area contributed by atoms with Crippen molar-refractivity contribution in [2.24, 2.45) is 0 Å². The maximum absolute atomic E-state index is 5.09. The molecule has 0 saturated heterocycles. The second kappa shape index (κ2) is 2.33. The van der Waals surface area contributed by atoms with Crippen molar-refractivity contribution in [2.75, 3.05) is 0 Å². The molecule has 0 atom stereocenters. The third kappa shape index (κ3) is 0.975. The Morgan fingerprint density at radius 1 is 1.36 bits per heavy atom. The number of nitrogens with zero attached hydrogens (tertiary/aromatic N) is 2. The molecule has 11 heavy (non-hydrogen) atoms. The minimum Gasteiger partial charge on any atom is -0.146 e. The van der Waals surface area contributed by atoms with E-state index < -0.39 is 0 Å². The lowest BCUT2D eigenvalue weighted by molar-refractivity contribution is 1.52. The van der Waals surface area contributed by atoms with E-state index in [0.717, 1.165) is 10.2 Å². The molecule has 2 rings (SSSR count). The quantitative estimate of drug-likeness (QED) is 0.580. The first-order valence-corrected chi connectivity index (χ1v) is 3.98. The molecule has 3 heteroatoms. The Morgan fingerprint density at radius 2 is 2.18 bits per heavy atom. The van der Waals surface area contributed by atoms with Crippen molar-refractivity contribution in [2.45, 2.75) is 0 Å². The van der Waals surface area contributed by atoms with Crippen molar-refractivity contribution >= 4 is 26.7 Å². The minimum absolute atomic E-state index is 0.631. The third-order valence-corrected chi connectivity index (χ3v) is 2.34. The van der Waals surface area contributed by atoms with Crippen molar-refractivity contribution in [1.82, 2.24) is 4.98 Å². The van der Waals surface area contributed by atoms with Gasteiger partial charge in [0.15, 0.2) is 5.52 Å². The Balaban J connectivity index is 2.81. The van der Waals surface area contributed by atoms with Crippen LogP contribution in [-0.2, 0) is 0 Å². The molecule has 0 radical (unpaired) electrons. The number of benzene rings is 1. The normalized spacial score (nSPS) is 9.73. The number of aromatic nitrogens is 1. The lowest BCUT2D eigenvalue weighted by Gasteiger charge is -1.75. The molecule has 0 N–H and O–H groups in total. The molecule has 0 unspecified atom stereocenters. The Hall–Kier alpha value is -1.40. The van der Waals surface area contributed by atoms with Gasteiger partial charge in [0.25, 0.3) is 0 Å². The number of hydrogen-bond donors (Lipinski definition) is 0. The van der Waals surface area contributed by atoms with Crippen molar-refractivity contribution < 1.29 is 0 Å². The molecule has 0 aliphatic rings. The molecule has 0 aliphatic heterocycles. The second-order valence-electron chi connectivity index (χ2n) is 2.09. The van der Waals surface area contributed by atoms with Gasteiger partial charge in [-0.25, -0.2) is 0 Å². The molecule has 2 aromatic rings. The van der Waals surface area contributed by atoms with E-state index in [1.807, 2.05) is 24.3 Å². The summed E-state index contributed by atoms with van der Waals surface area (Å²) in [6, 6.07) is 7.87. The summed E-state index contributed by atoms with van der Waals surface area (Å²) in [6.07, 6.45) is 0. The zero-order valence-corrected chi connectivity index (χ0v) is 6.51. The average Bonchev–Trinajstić information content (AvgIpc) is 2.46. The van der Waals surface area contributed by atoms with Gasteiger partial charge >= 0.3 is 5.13 Å². The van der Waals surface area contributed by atoms with E-state index in [0.29, 0.717) is 5.13 Å². The predicted octanol–water partition coefficient (Wildman–Crippen LogP) is 2.89. The van der Waals surface area contributed by atoms with Gasteiger partial charge in [0, 0.05) is 0 Å². The fourth-order valence-corrected chi connectivity index (χ4v) is 1.67. The van der Waals surface area contributed by atoms with E-state index in [4.69, 9.17) is 6.57 Å². The maximum Gasteiger partial charge on any atom is 0.486 e. The number of para-hydroxylation sites is 1. The summed E-state index contributed by atoms with van der Waals surface area (Å²) in [7, 11) is 0. The van der Waals surface area contributed by atoms with Crippen molar-refractivity contribution in [1.29, 1.82) is 0 Å². The van der Waals surface area contributed by atoms with Gasteiger partial charge in [-0.2, -0.15) is 0 Å². The summed E-state index contributed by atoms with van der Waals surface area (Å²) in [5.74, 6) is 0. The summed E-state index contributed by atoms with van der Waals surface area (Å²) in [4.78, 5) is 7.67. The highest BCUT2D eigenvalue weighted by molar-refractivity contribution is 7.22. The molecular formula is C8H5N2S+. The molecule has 0 spiro atoms. The van der Waals surface area contributed by atoms with Crippen LogP contribution in [0.2, 0.25) is 0 Å². The van der Waals surface area contributed by atoms with Crippen LogP contribution < -0.4 is 0 Å². The highest BCUT2D eigenvalue weighted by Gasteiger charge is 2.10. The standard InChI is InChI=1S/C8H5N2S/c1-9-8-10-6-4-2-3-5-7(6)11-8/h1-5H/q+1. The summed E-state index contributed by atoms with van der Waals surface area (Å²) in [5, 5.41) is 0.631. The molecule has 0 bridgehead atoms. The molecule has 0 fully saturated rings. The van der Waals surface area contributed by atoms with Crippen LogP contribution in [0.1, 0.15) is 0 Å². The zero-order chi connectivity index (χ0) is 7.68. The molecule has 0 aliphatic carbocycles. The molecule has 0 saturated carbocycles. The van der Waals surface area contributed by atoms with E-state index in [1.54, 1.807) is 0 Å². The molecule has 0 amide bonds. The smallest absolute Gasteiger partial charge is 0.146 e. The van der Waals surface area contributed by atoms with Crippen LogP contribution in [0.25, 0.3) is 15.1 Å². The SMILES string of the molecule is C#[N+]c1nc2ccccc2s1. The first-order valence-electron chi connectivity index (χ1n) is 3.16. The van der Waals surface area contributed by atoms with Gasteiger partial charge in [-0.05, 0) is 28.5 Å². The van der Waals surface area contributed by atoms with E-state index in [9.17, 15) is 0 Å². The van der Waals surface area contributed by atoms with Gasteiger partial charge < -0.3 is 0 Å². The topological polar surface area (TPSA) is 17.2 Å². The fraction of sp³-hybridized carbons (Fsp3) is 0. The van der Waals surface area contributed by atoms with Gasteiger partial charge in [0.05, 0.1) is 4.70 Å². The highest BCUT2D eigenvalue weighted by atomic mass is 32.1. The van der Waals surface area contributed by atoms with Crippen molar-refractivity contribution in [3.63, 3.8) is 0 Å². The first-order chi connectivity index (χ1) is 5.40. The van der Waals surface area contributed by atoms with Gasteiger partial charge in [0.2, 0.25) is 0 Å². The third-order valence-electron chi connectivity index (χ3n) is 1.39. The summed E-state index contributed by atoms with van der Waals surface area (Å²) >= 11 is 1.49. The van der Waals surface area contributed by atoms with Crippen LogP contribution in [-0.4, -0.2) is 4.98 Å². The van der Waals surface area contributed by atoms with Crippen LogP contribution in [0, 0.1) is 6.57 Å². The van der Waals surface area contributed by atoms with Crippen LogP contribution in [0.4, 0.5) is 5.13 Å². The van der Waals surface area contributed by atoms with Gasteiger partial charge in [-0.3, -0.25) is 0 Å². The van der Waals surface area contributed by atoms with Gasteiger partial charge in [-0.1, -0.05) is 12.1 Å². The summed E-state index contributed by atoms with van der Waals surface area (Å²) in [6.45, 7) is 5.09. The molecule has 1 aromatic carbocycles. The molecule has 2 nitrogen and oxygen atoms in total. The fourth-order valence-electron chi connectivity index (χ4n) is 0.915. The number of rotatable bonds is 0. The molecule has 52 valence electrons. The Labute approximate surface area is 67.9 Å². The zero-order valence-electron chi connectivity index (χ0n) is 5.69. The summed E-state index contributed by atoms with van der Waals surface area (Å²) < 4.78 is 1.12. The van der Waals surface area contributed by atoms with E-state index >= 15 is 0 Å². The largest absolute Gasteiger partial charge is 0.486 e. The highest BCUT2D eigenvalue weighted by Crippen LogP contribution is 2.26. The first kappa shape index (κ1) is 6.32. The number of fused-ring (bicyclic) bond motifs is 1. The summed E-state index contributed by atoms with van der Waals surface area (Å²) in [5.41, 5.74) is 0.960. The molecule has 1 aromatic heterocycles. The van der Waals surface area contributed by atoms with Crippen LogP contribution in [0.5, 0.6) is 0 Å². The average molecular weight is 161 g/mol. The van der Waals surface area contributed by atoms with E-state index in [-0.39, 0.29) is 0 Å². The van der Waals surface area contributed by atoms with E-state index in [1.165, 1.54) is 11.3 Å². The maximum atomic E-state index is 5.09. The van der Waals surface area contributed by atoms with Crippen molar-refractivity contribution in [3.8, 4) is 6.57 Å². The second-order valence-corrected chi connectivity index (χ2v) is 3.10. The minimum atomic E-state index is 0.631. The Kier molecular flexibility index (Phi) is 1.34. The van der Waals surface area contributed by atoms with E-state index in [2.05, 4.69) is 9.83 Å². The Bertz CT molecular complexity index is 392. The van der Waals surface area contributed by atoms with Crippen LogP contribution in [0.15, 0.2) is 24.3 Å². The van der Waals surface area contributed by atoms with Gasteiger partial charge in [-0.15, -0.1) is 4.85 Å². The van der Waals surface area contributed by atoms with Crippen LogP contribution >= 0.6 is 11.3 Å². The monoisotopic (exact) mass is 161 g/mol. The number of hydrogen-bond acceptors (Lipinski definition) is 2. The lowest BCUT2D eigenvalue weighted by atomic mass is 10.3.